The van der Waals surface area contributed by atoms with Crippen molar-refractivity contribution in [2.24, 2.45) is 0 Å². The van der Waals surface area contributed by atoms with Gasteiger partial charge in [0, 0.05) is 5.39 Å². The van der Waals surface area contributed by atoms with Gasteiger partial charge in [-0.25, -0.2) is 9.97 Å². The summed E-state index contributed by atoms with van der Waals surface area (Å²) < 4.78 is 0. The fourth-order valence-electron chi connectivity index (χ4n) is 4.78. The fraction of sp³-hybridized carbons (Fsp3) is 0.333. The Morgan fingerprint density at radius 3 is 2.27 bits per heavy atom. The van der Waals surface area contributed by atoms with Crippen LogP contribution in [0.15, 0.2) is 36.4 Å². The summed E-state index contributed by atoms with van der Waals surface area (Å²) >= 11 is 0. The summed E-state index contributed by atoms with van der Waals surface area (Å²) in [6.07, 6.45) is 3.64. The minimum atomic E-state index is 0.233. The van der Waals surface area contributed by atoms with Gasteiger partial charge in [-0.1, -0.05) is 38.1 Å². The Labute approximate surface area is 154 Å². The van der Waals surface area contributed by atoms with Crippen molar-refractivity contribution in [1.82, 2.24) is 9.97 Å². The van der Waals surface area contributed by atoms with Gasteiger partial charge < -0.3 is 0 Å². The van der Waals surface area contributed by atoms with Crippen LogP contribution in [0.4, 0.5) is 0 Å². The summed E-state index contributed by atoms with van der Waals surface area (Å²) in [5, 5.41) is 2.68. The van der Waals surface area contributed by atoms with Crippen LogP contribution in [-0.2, 0) is 11.8 Å². The molecule has 0 N–H and O–H groups in total. The Kier molecular flexibility index (Phi) is 3.19. The van der Waals surface area contributed by atoms with E-state index in [-0.39, 0.29) is 5.41 Å². The van der Waals surface area contributed by atoms with Crippen molar-refractivity contribution in [3.05, 3.63) is 58.7 Å². The predicted octanol–water partition coefficient (Wildman–Crippen LogP) is 6.17. The van der Waals surface area contributed by atoms with Gasteiger partial charge in [-0.2, -0.15) is 0 Å². The standard InChI is InChI=1S/C24H24N2/c1-14-15(2)22-23(26-20-10-6-5-9-19(20)25-22)21-16(14)11-12-18-17(21)8-7-13-24(18,3)4/h5-6,9-12H,7-8,13H2,1-4H3. The number of hydrogen-bond acceptors (Lipinski definition) is 2. The zero-order valence-corrected chi connectivity index (χ0v) is 16.0. The van der Waals surface area contributed by atoms with Crippen molar-refractivity contribution in [2.75, 3.05) is 0 Å². The normalized spacial score (nSPS) is 16.3. The topological polar surface area (TPSA) is 25.8 Å². The number of fused-ring (bicyclic) bond motifs is 6. The summed E-state index contributed by atoms with van der Waals surface area (Å²) in [6, 6.07) is 12.9. The van der Waals surface area contributed by atoms with Crippen molar-refractivity contribution in [2.45, 2.75) is 52.4 Å². The summed E-state index contributed by atoms with van der Waals surface area (Å²) in [4.78, 5) is 10.1. The van der Waals surface area contributed by atoms with E-state index < -0.39 is 0 Å². The molecule has 0 saturated heterocycles. The van der Waals surface area contributed by atoms with Gasteiger partial charge in [-0.3, -0.25) is 0 Å². The van der Waals surface area contributed by atoms with Gasteiger partial charge in [0.1, 0.15) is 0 Å². The average Bonchev–Trinajstić information content (AvgIpc) is 2.64. The maximum atomic E-state index is 5.10. The number of hydrogen-bond donors (Lipinski definition) is 0. The van der Waals surface area contributed by atoms with Gasteiger partial charge in [-0.15, -0.1) is 0 Å². The Morgan fingerprint density at radius 2 is 1.54 bits per heavy atom. The van der Waals surface area contributed by atoms with Crippen LogP contribution in [0.25, 0.3) is 32.8 Å². The first-order valence-electron chi connectivity index (χ1n) is 9.59. The molecule has 26 heavy (non-hydrogen) atoms. The van der Waals surface area contributed by atoms with Gasteiger partial charge in [0.05, 0.1) is 22.1 Å². The van der Waals surface area contributed by atoms with Crippen LogP contribution >= 0.6 is 0 Å². The van der Waals surface area contributed by atoms with Crippen LogP contribution in [0.5, 0.6) is 0 Å². The number of nitrogens with zero attached hydrogens (tertiary/aromatic N) is 2. The quantitative estimate of drug-likeness (QED) is 0.283. The van der Waals surface area contributed by atoms with Crippen molar-refractivity contribution >= 4 is 32.8 Å². The van der Waals surface area contributed by atoms with Gasteiger partial charge in [-0.05, 0) is 78.3 Å². The van der Waals surface area contributed by atoms with E-state index in [1.165, 1.54) is 45.9 Å². The van der Waals surface area contributed by atoms with E-state index in [0.717, 1.165) is 28.5 Å². The monoisotopic (exact) mass is 340 g/mol. The first-order chi connectivity index (χ1) is 12.5. The molecule has 1 aliphatic carbocycles. The minimum Gasteiger partial charge on any atom is -0.244 e. The largest absolute Gasteiger partial charge is 0.244 e. The second kappa shape index (κ2) is 5.26. The summed E-state index contributed by atoms with van der Waals surface area (Å²) in [5.74, 6) is 0. The Hall–Kier alpha value is -2.48. The van der Waals surface area contributed by atoms with Gasteiger partial charge >= 0.3 is 0 Å². The van der Waals surface area contributed by atoms with Crippen molar-refractivity contribution in [3.8, 4) is 0 Å². The lowest BCUT2D eigenvalue weighted by molar-refractivity contribution is 0.433. The van der Waals surface area contributed by atoms with Crippen LogP contribution in [0.2, 0.25) is 0 Å². The van der Waals surface area contributed by atoms with Gasteiger partial charge in [0.2, 0.25) is 0 Å². The average molecular weight is 340 g/mol. The summed E-state index contributed by atoms with van der Waals surface area (Å²) in [6.45, 7) is 9.17. The molecule has 0 radical (unpaired) electrons. The molecule has 130 valence electrons. The zero-order chi connectivity index (χ0) is 18.1. The number of rotatable bonds is 0. The Morgan fingerprint density at radius 1 is 0.846 bits per heavy atom. The molecule has 4 aromatic rings. The van der Waals surface area contributed by atoms with E-state index in [0.29, 0.717) is 0 Å². The molecular weight excluding hydrogens is 316 g/mol. The molecule has 3 aromatic carbocycles. The van der Waals surface area contributed by atoms with Crippen LogP contribution in [0, 0.1) is 13.8 Å². The van der Waals surface area contributed by atoms with Crippen molar-refractivity contribution in [1.29, 1.82) is 0 Å². The SMILES string of the molecule is Cc1c(C)c2nc3ccccc3nc2c2c3c(ccc12)C(C)(C)CCC3. The molecule has 1 heterocycles. The van der Waals surface area contributed by atoms with Crippen LogP contribution < -0.4 is 0 Å². The van der Waals surface area contributed by atoms with E-state index in [9.17, 15) is 0 Å². The lowest BCUT2D eigenvalue weighted by Crippen LogP contribution is -2.24. The molecular formula is C24H24N2. The second-order valence-corrected chi connectivity index (χ2v) is 8.41. The van der Waals surface area contributed by atoms with Crippen LogP contribution in [0.1, 0.15) is 48.9 Å². The Bertz CT molecular complexity index is 1200. The molecule has 0 saturated carbocycles. The number of aryl methyl sites for hydroxylation is 3. The summed E-state index contributed by atoms with van der Waals surface area (Å²) in [5.41, 5.74) is 9.92. The predicted molar refractivity (Wildman–Crippen MR) is 110 cm³/mol. The van der Waals surface area contributed by atoms with Crippen molar-refractivity contribution < 1.29 is 0 Å². The minimum absolute atomic E-state index is 0.233. The smallest absolute Gasteiger partial charge is 0.0978 e. The molecule has 2 nitrogen and oxygen atoms in total. The third-order valence-electron chi connectivity index (χ3n) is 6.40. The summed E-state index contributed by atoms with van der Waals surface area (Å²) in [7, 11) is 0. The maximum Gasteiger partial charge on any atom is 0.0978 e. The molecule has 1 aromatic heterocycles. The molecule has 0 atom stereocenters. The second-order valence-electron chi connectivity index (χ2n) is 8.41. The van der Waals surface area contributed by atoms with E-state index in [1.54, 1.807) is 0 Å². The van der Waals surface area contributed by atoms with E-state index in [2.05, 4.69) is 52.0 Å². The zero-order valence-electron chi connectivity index (χ0n) is 16.0. The fourth-order valence-corrected chi connectivity index (χ4v) is 4.78. The first kappa shape index (κ1) is 15.7. The van der Waals surface area contributed by atoms with Gasteiger partial charge in [0.15, 0.2) is 0 Å². The number of aromatic nitrogens is 2. The molecule has 0 spiro atoms. The molecule has 5 rings (SSSR count). The number of benzene rings is 3. The molecule has 2 heteroatoms. The van der Waals surface area contributed by atoms with Gasteiger partial charge in [0.25, 0.3) is 0 Å². The highest BCUT2D eigenvalue weighted by Crippen LogP contribution is 2.43. The molecule has 0 bridgehead atoms. The molecule has 0 aliphatic heterocycles. The third kappa shape index (κ3) is 2.05. The van der Waals surface area contributed by atoms with Crippen LogP contribution in [0.3, 0.4) is 0 Å². The highest BCUT2D eigenvalue weighted by molar-refractivity contribution is 6.11. The molecule has 1 aliphatic rings. The third-order valence-corrected chi connectivity index (χ3v) is 6.40. The van der Waals surface area contributed by atoms with E-state index >= 15 is 0 Å². The number of para-hydroxylation sites is 2. The highest BCUT2D eigenvalue weighted by atomic mass is 14.8. The highest BCUT2D eigenvalue weighted by Gasteiger charge is 2.29. The lowest BCUT2D eigenvalue weighted by Gasteiger charge is -2.33. The Balaban J connectivity index is 2.04. The first-order valence-corrected chi connectivity index (χ1v) is 9.59. The van der Waals surface area contributed by atoms with Crippen molar-refractivity contribution in [3.63, 3.8) is 0 Å². The molecule has 0 unspecified atom stereocenters. The maximum absolute atomic E-state index is 5.10. The molecule has 0 amide bonds. The molecule has 0 fully saturated rings. The van der Waals surface area contributed by atoms with E-state index in [1.807, 2.05) is 12.1 Å². The lowest BCUT2D eigenvalue weighted by atomic mass is 9.71. The van der Waals surface area contributed by atoms with Crippen LogP contribution in [-0.4, -0.2) is 9.97 Å². The van der Waals surface area contributed by atoms with E-state index in [4.69, 9.17) is 9.97 Å².